The smallest absolute Gasteiger partial charge is 0.387 e. The highest BCUT2D eigenvalue weighted by Gasteiger charge is 2.35. The van der Waals surface area contributed by atoms with E-state index in [9.17, 15) is 23.1 Å². The van der Waals surface area contributed by atoms with E-state index in [1.54, 1.807) is 13.8 Å². The second kappa shape index (κ2) is 9.03. The third-order valence-electron chi connectivity index (χ3n) is 4.52. The zero-order valence-corrected chi connectivity index (χ0v) is 15.6. The fraction of sp³-hybridized carbons (Fsp3) is 0.588. The summed E-state index contributed by atoms with van der Waals surface area (Å²) < 4.78 is 38.2. The summed E-state index contributed by atoms with van der Waals surface area (Å²) in [6, 6.07) is 4.50. The lowest BCUT2D eigenvalue weighted by molar-refractivity contribution is -0.137. The molecule has 0 radical (unpaired) electrons. The number of alkyl halides is 3. The summed E-state index contributed by atoms with van der Waals surface area (Å²) in [5.74, 6) is -0.263. The monoisotopic (exact) mass is 395 g/mol. The zero-order valence-electron chi connectivity index (χ0n) is 14.8. The number of carbonyl (C=O) groups is 1. The maximum absolute atomic E-state index is 12.7. The quantitative estimate of drug-likeness (QED) is 0.713. The first kappa shape index (κ1) is 22.7. The Hall–Kier alpha value is -1.35. The van der Waals surface area contributed by atoms with Crippen LogP contribution in [0.3, 0.4) is 0 Å². The molecule has 1 fully saturated rings. The summed E-state index contributed by atoms with van der Waals surface area (Å²) in [4.78, 5) is 14.5. The summed E-state index contributed by atoms with van der Waals surface area (Å²) in [5, 5.41) is 16.0. The second-order valence-electron chi connectivity index (χ2n) is 6.65. The van der Waals surface area contributed by atoms with Crippen molar-refractivity contribution in [3.8, 4) is 0 Å². The molecule has 0 aliphatic carbocycles. The van der Waals surface area contributed by atoms with Crippen LogP contribution in [0, 0.1) is 0 Å². The van der Waals surface area contributed by atoms with E-state index in [1.165, 1.54) is 12.1 Å². The van der Waals surface area contributed by atoms with Crippen LogP contribution in [-0.2, 0) is 11.0 Å². The van der Waals surface area contributed by atoms with Crippen molar-refractivity contribution in [2.24, 2.45) is 0 Å². The van der Waals surface area contributed by atoms with Gasteiger partial charge in [0.05, 0.1) is 17.2 Å². The number of carbonyl (C=O) groups excluding carboxylic acids is 1. The van der Waals surface area contributed by atoms with Crippen molar-refractivity contribution < 1.29 is 23.1 Å². The molecule has 9 heteroatoms. The van der Waals surface area contributed by atoms with E-state index in [-0.39, 0.29) is 30.4 Å². The number of nitrogens with one attached hydrogen (secondary N) is 2. The molecule has 148 valence electrons. The number of piperazine rings is 1. The number of amides is 1. The molecule has 3 N–H and O–H groups in total. The average Bonchev–Trinajstić information content (AvgIpc) is 2.59. The predicted octanol–water partition coefficient (Wildman–Crippen LogP) is 1.96. The van der Waals surface area contributed by atoms with Crippen molar-refractivity contribution in [3.05, 3.63) is 35.4 Å². The van der Waals surface area contributed by atoms with Crippen LogP contribution >= 0.6 is 12.4 Å². The lowest BCUT2D eigenvalue weighted by atomic mass is 10.00. The Bertz CT molecular complexity index is 605. The van der Waals surface area contributed by atoms with Crippen LogP contribution in [0.4, 0.5) is 13.2 Å². The Morgan fingerprint density at radius 3 is 2.50 bits per heavy atom. The predicted molar refractivity (Wildman–Crippen MR) is 95.2 cm³/mol. The Balaban J connectivity index is 0.00000338. The van der Waals surface area contributed by atoms with E-state index in [0.29, 0.717) is 0 Å². The zero-order chi connectivity index (χ0) is 18.7. The van der Waals surface area contributed by atoms with Crippen molar-refractivity contribution in [2.75, 3.05) is 32.7 Å². The Morgan fingerprint density at radius 2 is 1.92 bits per heavy atom. The number of nitrogens with zero attached hydrogens (tertiary/aromatic N) is 1. The third kappa shape index (κ3) is 5.57. The molecule has 1 amide bonds. The van der Waals surface area contributed by atoms with Gasteiger partial charge >= 0.3 is 6.18 Å². The Kier molecular flexibility index (Phi) is 7.88. The van der Waals surface area contributed by atoms with E-state index < -0.39 is 23.4 Å². The molecule has 1 aromatic rings. The van der Waals surface area contributed by atoms with E-state index in [2.05, 4.69) is 10.6 Å². The first-order valence-corrected chi connectivity index (χ1v) is 8.21. The Labute approximate surface area is 157 Å². The van der Waals surface area contributed by atoms with Gasteiger partial charge in [-0.3, -0.25) is 9.69 Å². The highest BCUT2D eigenvalue weighted by Crippen LogP contribution is 2.30. The summed E-state index contributed by atoms with van der Waals surface area (Å²) in [6.07, 6.45) is -5.67. The number of aliphatic hydroxyl groups is 1. The maximum Gasteiger partial charge on any atom is 0.416 e. The Morgan fingerprint density at radius 1 is 1.31 bits per heavy atom. The third-order valence-corrected chi connectivity index (χ3v) is 4.52. The van der Waals surface area contributed by atoms with Crippen molar-refractivity contribution >= 4 is 18.3 Å². The van der Waals surface area contributed by atoms with Crippen LogP contribution < -0.4 is 10.6 Å². The standard InChI is InChI=1S/C17H24F3N3O2.ClH/c1-16(2,23-8-6-21-7-9-23)15(25)22-11-14(24)12-4-3-5-13(10-12)17(18,19)20;/h3-5,10,14,21,24H,6-9,11H2,1-2H3,(H,22,25);1H. The average molecular weight is 396 g/mol. The van der Waals surface area contributed by atoms with Crippen molar-refractivity contribution in [2.45, 2.75) is 31.7 Å². The summed E-state index contributed by atoms with van der Waals surface area (Å²) in [7, 11) is 0. The van der Waals surface area contributed by atoms with Gasteiger partial charge in [-0.1, -0.05) is 12.1 Å². The van der Waals surface area contributed by atoms with E-state index in [0.717, 1.165) is 38.3 Å². The number of hydrogen-bond donors (Lipinski definition) is 3. The molecule has 0 saturated carbocycles. The molecular weight excluding hydrogens is 371 g/mol. The normalized spacial score (nSPS) is 17.3. The number of benzene rings is 1. The van der Waals surface area contributed by atoms with Crippen LogP contribution in [0.1, 0.15) is 31.1 Å². The van der Waals surface area contributed by atoms with Gasteiger partial charge in [0.2, 0.25) is 5.91 Å². The molecule has 0 spiro atoms. The lowest BCUT2D eigenvalue weighted by Crippen LogP contribution is -2.60. The molecule has 1 atom stereocenters. The van der Waals surface area contributed by atoms with E-state index in [4.69, 9.17) is 0 Å². The van der Waals surface area contributed by atoms with Crippen LogP contribution in [-0.4, -0.2) is 54.2 Å². The SMILES string of the molecule is CC(C)(C(=O)NCC(O)c1cccc(C(F)(F)F)c1)N1CCNCC1.Cl. The van der Waals surface area contributed by atoms with Gasteiger partial charge in [0.1, 0.15) is 0 Å². The van der Waals surface area contributed by atoms with Crippen LogP contribution in [0.25, 0.3) is 0 Å². The molecule has 26 heavy (non-hydrogen) atoms. The topological polar surface area (TPSA) is 64.6 Å². The highest BCUT2D eigenvalue weighted by atomic mass is 35.5. The summed E-state index contributed by atoms with van der Waals surface area (Å²) in [6.45, 7) is 6.50. The number of halogens is 4. The van der Waals surface area contributed by atoms with Crippen LogP contribution in [0.15, 0.2) is 24.3 Å². The molecule has 1 aromatic carbocycles. The van der Waals surface area contributed by atoms with Crippen molar-refractivity contribution in [1.82, 2.24) is 15.5 Å². The minimum atomic E-state index is -4.47. The van der Waals surface area contributed by atoms with Gasteiger partial charge in [-0.05, 0) is 31.5 Å². The van der Waals surface area contributed by atoms with E-state index >= 15 is 0 Å². The highest BCUT2D eigenvalue weighted by molar-refractivity contribution is 5.85. The molecule has 1 aliphatic heterocycles. The number of hydrogen-bond acceptors (Lipinski definition) is 4. The van der Waals surface area contributed by atoms with Crippen LogP contribution in [0.5, 0.6) is 0 Å². The van der Waals surface area contributed by atoms with Gasteiger partial charge in [0.15, 0.2) is 0 Å². The molecule has 1 saturated heterocycles. The molecule has 1 unspecified atom stereocenters. The molecule has 5 nitrogen and oxygen atoms in total. The fourth-order valence-corrected chi connectivity index (χ4v) is 2.81. The first-order chi connectivity index (χ1) is 11.6. The van der Waals surface area contributed by atoms with Crippen molar-refractivity contribution in [1.29, 1.82) is 0 Å². The van der Waals surface area contributed by atoms with Crippen molar-refractivity contribution in [3.63, 3.8) is 0 Å². The van der Waals surface area contributed by atoms with Gasteiger partial charge in [-0.25, -0.2) is 0 Å². The summed E-state index contributed by atoms with van der Waals surface area (Å²) >= 11 is 0. The summed E-state index contributed by atoms with van der Waals surface area (Å²) in [5.41, 5.74) is -1.46. The molecule has 1 heterocycles. The maximum atomic E-state index is 12.7. The molecule has 0 bridgehead atoms. The first-order valence-electron chi connectivity index (χ1n) is 8.21. The molecule has 0 aromatic heterocycles. The molecule has 1 aliphatic rings. The minimum absolute atomic E-state index is 0. The number of rotatable bonds is 5. The molecular formula is C17H25ClF3N3O2. The van der Waals surface area contributed by atoms with Gasteiger partial charge in [0, 0.05) is 32.7 Å². The fourth-order valence-electron chi connectivity index (χ4n) is 2.81. The second-order valence-corrected chi connectivity index (χ2v) is 6.65. The van der Waals surface area contributed by atoms with Gasteiger partial charge < -0.3 is 15.7 Å². The minimum Gasteiger partial charge on any atom is -0.387 e. The van der Waals surface area contributed by atoms with Gasteiger partial charge in [-0.15, -0.1) is 12.4 Å². The largest absolute Gasteiger partial charge is 0.416 e. The van der Waals surface area contributed by atoms with Gasteiger partial charge in [0.25, 0.3) is 0 Å². The lowest BCUT2D eigenvalue weighted by Gasteiger charge is -2.39. The molecule has 2 rings (SSSR count). The van der Waals surface area contributed by atoms with E-state index in [1.807, 2.05) is 4.90 Å². The number of aliphatic hydroxyl groups excluding tert-OH is 1. The van der Waals surface area contributed by atoms with Crippen LogP contribution in [0.2, 0.25) is 0 Å². The van der Waals surface area contributed by atoms with Gasteiger partial charge in [-0.2, -0.15) is 13.2 Å².